The van der Waals surface area contributed by atoms with E-state index in [0.29, 0.717) is 18.3 Å². The highest BCUT2D eigenvalue weighted by Gasteiger charge is 2.14. The predicted molar refractivity (Wildman–Crippen MR) is 42.4 cm³/mol. The Morgan fingerprint density at radius 1 is 1.73 bits per heavy atom. The second-order valence-electron chi connectivity index (χ2n) is 2.69. The Hall–Kier alpha value is -0.970. The molecule has 5 nitrogen and oxygen atoms in total. The number of hydrogen-bond acceptors (Lipinski definition) is 3. The van der Waals surface area contributed by atoms with E-state index in [4.69, 9.17) is 11.3 Å². The Labute approximate surface area is 65.6 Å². The summed E-state index contributed by atoms with van der Waals surface area (Å²) in [5.74, 6) is 0.444. The SMILES string of the molecule is N=NN=C(N)CC1CCCN1. The molecule has 1 saturated heterocycles. The molecule has 4 N–H and O–H groups in total. The molecule has 1 atom stereocenters. The summed E-state index contributed by atoms with van der Waals surface area (Å²) in [5, 5.41) is 9.58. The van der Waals surface area contributed by atoms with E-state index in [1.54, 1.807) is 0 Å². The van der Waals surface area contributed by atoms with Gasteiger partial charge in [0.2, 0.25) is 0 Å². The van der Waals surface area contributed by atoms with Crippen LogP contribution in [0.1, 0.15) is 19.3 Å². The molecule has 1 fully saturated rings. The Kier molecular flexibility index (Phi) is 2.97. The molecule has 62 valence electrons. The van der Waals surface area contributed by atoms with E-state index in [2.05, 4.69) is 15.6 Å². The Morgan fingerprint density at radius 2 is 2.55 bits per heavy atom. The van der Waals surface area contributed by atoms with Crippen molar-refractivity contribution in [3.8, 4) is 0 Å². The summed E-state index contributed by atoms with van der Waals surface area (Å²) in [6, 6.07) is 0.445. The van der Waals surface area contributed by atoms with Crippen LogP contribution in [-0.4, -0.2) is 18.4 Å². The first-order chi connectivity index (χ1) is 5.33. The fourth-order valence-corrected chi connectivity index (χ4v) is 1.29. The van der Waals surface area contributed by atoms with Crippen LogP contribution in [0.3, 0.4) is 0 Å². The molecule has 0 bridgehead atoms. The van der Waals surface area contributed by atoms with Crippen LogP contribution in [0.25, 0.3) is 0 Å². The van der Waals surface area contributed by atoms with Gasteiger partial charge in [0.1, 0.15) is 5.84 Å². The maximum atomic E-state index is 6.44. The van der Waals surface area contributed by atoms with Gasteiger partial charge in [-0.3, -0.25) is 0 Å². The quantitative estimate of drug-likeness (QED) is 0.239. The van der Waals surface area contributed by atoms with Crippen molar-refractivity contribution in [2.45, 2.75) is 25.3 Å². The fraction of sp³-hybridized carbons (Fsp3) is 0.833. The summed E-state index contributed by atoms with van der Waals surface area (Å²) >= 11 is 0. The van der Waals surface area contributed by atoms with Crippen molar-refractivity contribution in [3.05, 3.63) is 0 Å². The van der Waals surface area contributed by atoms with Crippen molar-refractivity contribution in [1.82, 2.24) is 5.32 Å². The number of nitrogens with zero attached hydrogens (tertiary/aromatic N) is 2. The summed E-state index contributed by atoms with van der Waals surface area (Å²) in [6.45, 7) is 1.07. The van der Waals surface area contributed by atoms with Gasteiger partial charge in [0, 0.05) is 12.5 Å². The lowest BCUT2D eigenvalue weighted by Crippen LogP contribution is -2.27. The molecule has 5 heteroatoms. The minimum Gasteiger partial charge on any atom is -0.386 e. The Bertz CT molecular complexity index is 158. The number of amidine groups is 1. The fourth-order valence-electron chi connectivity index (χ4n) is 1.29. The van der Waals surface area contributed by atoms with Crippen LogP contribution in [0.15, 0.2) is 10.3 Å². The van der Waals surface area contributed by atoms with Gasteiger partial charge in [0.05, 0.1) is 0 Å². The van der Waals surface area contributed by atoms with Gasteiger partial charge in [-0.2, -0.15) is 5.53 Å². The van der Waals surface area contributed by atoms with Crippen molar-refractivity contribution in [2.24, 2.45) is 16.1 Å². The van der Waals surface area contributed by atoms with Crippen molar-refractivity contribution >= 4 is 5.84 Å². The Morgan fingerprint density at radius 3 is 3.09 bits per heavy atom. The molecule has 1 aliphatic rings. The van der Waals surface area contributed by atoms with E-state index in [1.165, 1.54) is 6.42 Å². The van der Waals surface area contributed by atoms with Gasteiger partial charge in [0.25, 0.3) is 0 Å². The van der Waals surface area contributed by atoms with Crippen LogP contribution in [-0.2, 0) is 0 Å². The standard InChI is InChI=1S/C6H13N5/c7-6(10-11-8)4-5-2-1-3-9-5/h5,9H,1-4H2,(H3,7,8,10). The third kappa shape index (κ3) is 2.63. The molecule has 11 heavy (non-hydrogen) atoms. The van der Waals surface area contributed by atoms with E-state index in [9.17, 15) is 0 Å². The minimum atomic E-state index is 0.444. The van der Waals surface area contributed by atoms with Gasteiger partial charge in [-0.15, -0.1) is 5.10 Å². The van der Waals surface area contributed by atoms with E-state index < -0.39 is 0 Å². The molecule has 0 aromatic carbocycles. The highest BCUT2D eigenvalue weighted by atomic mass is 15.3. The first-order valence-electron chi connectivity index (χ1n) is 3.75. The number of hydrogen-bond donors (Lipinski definition) is 3. The number of rotatable bonds is 3. The van der Waals surface area contributed by atoms with Crippen LogP contribution in [0.5, 0.6) is 0 Å². The smallest absolute Gasteiger partial charge is 0.125 e. The monoisotopic (exact) mass is 155 g/mol. The normalized spacial score (nSPS) is 25.5. The third-order valence-corrected chi connectivity index (χ3v) is 1.80. The molecule has 1 rings (SSSR count). The largest absolute Gasteiger partial charge is 0.386 e. The summed E-state index contributed by atoms with van der Waals surface area (Å²) < 4.78 is 0. The van der Waals surface area contributed by atoms with Gasteiger partial charge < -0.3 is 11.1 Å². The molecule has 0 amide bonds. The summed E-state index contributed by atoms with van der Waals surface area (Å²) in [6.07, 6.45) is 3.06. The molecule has 1 aliphatic heterocycles. The molecule has 1 unspecified atom stereocenters. The second-order valence-corrected chi connectivity index (χ2v) is 2.69. The summed E-state index contributed by atoms with van der Waals surface area (Å²) in [5.41, 5.74) is 11.9. The molecule has 0 aromatic heterocycles. The van der Waals surface area contributed by atoms with Crippen molar-refractivity contribution < 1.29 is 0 Å². The van der Waals surface area contributed by atoms with Gasteiger partial charge in [-0.05, 0) is 19.4 Å². The van der Waals surface area contributed by atoms with E-state index in [0.717, 1.165) is 13.0 Å². The average molecular weight is 155 g/mol. The zero-order chi connectivity index (χ0) is 8.10. The number of nitrogens with two attached hydrogens (primary N) is 1. The van der Waals surface area contributed by atoms with Crippen LogP contribution < -0.4 is 11.1 Å². The molecule has 0 spiro atoms. The van der Waals surface area contributed by atoms with Crippen molar-refractivity contribution in [1.29, 1.82) is 5.53 Å². The van der Waals surface area contributed by atoms with Crippen LogP contribution in [0.4, 0.5) is 0 Å². The van der Waals surface area contributed by atoms with Gasteiger partial charge in [-0.1, -0.05) is 5.22 Å². The van der Waals surface area contributed by atoms with Crippen LogP contribution >= 0.6 is 0 Å². The minimum absolute atomic E-state index is 0.444. The zero-order valence-electron chi connectivity index (χ0n) is 6.38. The van der Waals surface area contributed by atoms with Crippen molar-refractivity contribution in [3.63, 3.8) is 0 Å². The molecular weight excluding hydrogens is 142 g/mol. The Balaban J connectivity index is 2.28. The summed E-state index contributed by atoms with van der Waals surface area (Å²) in [7, 11) is 0. The molecule has 0 saturated carbocycles. The maximum absolute atomic E-state index is 6.44. The first-order valence-corrected chi connectivity index (χ1v) is 3.75. The van der Waals surface area contributed by atoms with Crippen LogP contribution in [0, 0.1) is 5.53 Å². The van der Waals surface area contributed by atoms with E-state index in [-0.39, 0.29) is 0 Å². The lowest BCUT2D eigenvalue weighted by molar-refractivity contribution is 0.625. The number of nitrogens with one attached hydrogen (secondary N) is 2. The molecule has 1 heterocycles. The van der Waals surface area contributed by atoms with Crippen molar-refractivity contribution in [2.75, 3.05) is 6.54 Å². The molecular formula is C6H13N5. The lowest BCUT2D eigenvalue weighted by Gasteiger charge is -2.06. The summed E-state index contributed by atoms with van der Waals surface area (Å²) in [4.78, 5) is 0. The lowest BCUT2D eigenvalue weighted by atomic mass is 10.1. The zero-order valence-corrected chi connectivity index (χ0v) is 6.38. The molecule has 0 aliphatic carbocycles. The molecule has 0 aromatic rings. The van der Waals surface area contributed by atoms with E-state index >= 15 is 0 Å². The average Bonchev–Trinajstić information content (AvgIpc) is 2.40. The first kappa shape index (κ1) is 8.13. The van der Waals surface area contributed by atoms with Gasteiger partial charge >= 0.3 is 0 Å². The topological polar surface area (TPSA) is 86.6 Å². The highest BCUT2D eigenvalue weighted by Crippen LogP contribution is 2.07. The van der Waals surface area contributed by atoms with Gasteiger partial charge in [0.15, 0.2) is 0 Å². The third-order valence-electron chi connectivity index (χ3n) is 1.80. The highest BCUT2D eigenvalue weighted by molar-refractivity contribution is 5.80. The predicted octanol–water partition coefficient (Wildman–Crippen LogP) is 0.432. The molecule has 0 radical (unpaired) electrons. The van der Waals surface area contributed by atoms with Gasteiger partial charge in [-0.25, -0.2) is 0 Å². The maximum Gasteiger partial charge on any atom is 0.125 e. The van der Waals surface area contributed by atoms with E-state index in [1.807, 2.05) is 0 Å². The van der Waals surface area contributed by atoms with Crippen LogP contribution in [0.2, 0.25) is 0 Å². The second kappa shape index (κ2) is 4.02.